The van der Waals surface area contributed by atoms with Gasteiger partial charge in [-0.2, -0.15) is 18.4 Å². The molecule has 3 saturated heterocycles. The maximum Gasteiger partial charge on any atom is 0.417 e. The Morgan fingerprint density at radius 2 is 1.74 bits per heavy atom. The third kappa shape index (κ3) is 8.06. The third-order valence-electron chi connectivity index (χ3n) is 11.5. The van der Waals surface area contributed by atoms with Crippen molar-refractivity contribution in [2.24, 2.45) is 0 Å². The molecule has 3 aliphatic heterocycles. The summed E-state index contributed by atoms with van der Waals surface area (Å²) in [7, 11) is 0. The van der Waals surface area contributed by atoms with Crippen molar-refractivity contribution in [3.05, 3.63) is 95.5 Å². The van der Waals surface area contributed by atoms with Crippen LogP contribution in [0.5, 0.6) is 5.75 Å². The number of hydrogen-bond donors (Lipinski definition) is 2. The predicted octanol–water partition coefficient (Wildman–Crippen LogP) is 6.69. The van der Waals surface area contributed by atoms with Gasteiger partial charge in [-0.15, -0.1) is 0 Å². The van der Waals surface area contributed by atoms with Crippen molar-refractivity contribution in [1.29, 1.82) is 5.26 Å². The van der Waals surface area contributed by atoms with Crippen LogP contribution in [0.3, 0.4) is 0 Å². The number of thiocarbonyl (C=S) groups is 1. The number of amides is 4. The fourth-order valence-corrected chi connectivity index (χ4v) is 8.80. The van der Waals surface area contributed by atoms with Gasteiger partial charge < -0.3 is 19.4 Å². The molecule has 1 aromatic heterocycles. The zero-order valence-corrected chi connectivity index (χ0v) is 34.3. The highest BCUT2D eigenvalue weighted by atomic mass is 32.1. The van der Waals surface area contributed by atoms with Crippen LogP contribution in [0.15, 0.2) is 77.4 Å². The van der Waals surface area contributed by atoms with Crippen molar-refractivity contribution in [1.82, 2.24) is 15.1 Å². The molecule has 1 atom stereocenters. The van der Waals surface area contributed by atoms with Crippen molar-refractivity contribution in [3.8, 4) is 11.8 Å². The molecule has 0 radical (unpaired) electrons. The molecule has 0 spiro atoms. The monoisotopic (exact) mass is 869 g/mol. The first-order valence-electron chi connectivity index (χ1n) is 19.8. The number of nitriles is 1. The standard InChI is InChI=1S/C44H39F4N7O6S/c1-43(2)41(59)54(28-6-3-26(22-49)33(20-28)44(46,47)48)42(62)55(43)29-7-11-35(34(45)21-29)60-18-17-52-13-15-53(16-14-52)23-38(57)50-27-5-8-30-25(19-27)4-10-36-39(30)32(24-61-36)31-9-12-37(56)51-40(31)58/h3-8,10-11,19-21,24,31H,9,12-18,23H2,1-2H3,(H,50,57)(H,51,56,58)/t31-/m0/s1. The summed E-state index contributed by atoms with van der Waals surface area (Å²) in [5.41, 5.74) is -1.19. The van der Waals surface area contributed by atoms with Crippen LogP contribution >= 0.6 is 12.2 Å². The van der Waals surface area contributed by atoms with Gasteiger partial charge in [-0.1, -0.05) is 12.1 Å². The van der Waals surface area contributed by atoms with E-state index in [4.69, 9.17) is 21.4 Å². The first-order chi connectivity index (χ1) is 29.5. The number of rotatable bonds is 10. The van der Waals surface area contributed by atoms with Gasteiger partial charge in [-0.3, -0.25) is 39.2 Å². The Labute approximate surface area is 357 Å². The molecule has 0 unspecified atom stereocenters. The van der Waals surface area contributed by atoms with E-state index in [2.05, 4.69) is 15.5 Å². The van der Waals surface area contributed by atoms with Crippen LogP contribution in [-0.4, -0.2) is 90.0 Å². The first kappa shape index (κ1) is 42.3. The summed E-state index contributed by atoms with van der Waals surface area (Å²) in [4.78, 5) is 57.5. The molecular formula is C44H39F4N7O6S. The number of carbonyl (C=O) groups is 4. The smallest absolute Gasteiger partial charge is 0.417 e. The van der Waals surface area contributed by atoms with E-state index >= 15 is 4.39 Å². The van der Waals surface area contributed by atoms with E-state index in [1.807, 2.05) is 35.2 Å². The topological polar surface area (TPSA) is 151 Å². The molecule has 0 saturated carbocycles. The number of anilines is 3. The van der Waals surface area contributed by atoms with E-state index in [9.17, 15) is 37.6 Å². The molecule has 4 aromatic carbocycles. The molecule has 18 heteroatoms. The van der Waals surface area contributed by atoms with Crippen molar-refractivity contribution >= 4 is 79.8 Å². The van der Waals surface area contributed by atoms with E-state index in [1.54, 1.807) is 6.26 Å². The van der Waals surface area contributed by atoms with Crippen LogP contribution < -0.4 is 25.2 Å². The highest BCUT2D eigenvalue weighted by molar-refractivity contribution is 7.81. The van der Waals surface area contributed by atoms with Gasteiger partial charge in [0.25, 0.3) is 5.91 Å². The van der Waals surface area contributed by atoms with E-state index < -0.39 is 40.5 Å². The van der Waals surface area contributed by atoms with E-state index in [1.165, 1.54) is 43.0 Å². The molecule has 3 fully saturated rings. The first-order valence-corrected chi connectivity index (χ1v) is 20.2. The maximum absolute atomic E-state index is 15.5. The number of piperidine rings is 1. The van der Waals surface area contributed by atoms with Crippen molar-refractivity contribution < 1.29 is 45.9 Å². The highest BCUT2D eigenvalue weighted by Gasteiger charge is 2.51. The second kappa shape index (κ2) is 16.5. The summed E-state index contributed by atoms with van der Waals surface area (Å²) in [6.07, 6.45) is -2.62. The molecule has 13 nitrogen and oxygen atoms in total. The molecular weight excluding hydrogens is 831 g/mol. The van der Waals surface area contributed by atoms with Gasteiger partial charge in [0.1, 0.15) is 17.7 Å². The lowest BCUT2D eigenvalue weighted by molar-refractivity contribution is -0.138. The third-order valence-corrected chi connectivity index (χ3v) is 11.9. The van der Waals surface area contributed by atoms with E-state index in [0.29, 0.717) is 56.5 Å². The molecule has 5 aromatic rings. The second-order valence-corrected chi connectivity index (χ2v) is 16.2. The molecule has 62 heavy (non-hydrogen) atoms. The number of nitrogens with one attached hydrogen (secondary N) is 2. The number of nitrogens with zero attached hydrogens (tertiary/aromatic N) is 5. The number of alkyl halides is 3. The van der Waals surface area contributed by atoms with Gasteiger partial charge in [0.2, 0.25) is 17.7 Å². The van der Waals surface area contributed by atoms with Gasteiger partial charge in [0.15, 0.2) is 16.7 Å². The minimum absolute atomic E-state index is 0.0327. The number of benzene rings is 4. The van der Waals surface area contributed by atoms with Gasteiger partial charge in [0, 0.05) is 67.5 Å². The molecule has 3 aliphatic rings. The van der Waals surface area contributed by atoms with Gasteiger partial charge in [-0.05, 0) is 91.8 Å². The van der Waals surface area contributed by atoms with Crippen LogP contribution in [0.1, 0.15) is 49.3 Å². The lowest BCUT2D eigenvalue weighted by atomic mass is 9.89. The van der Waals surface area contributed by atoms with Crippen LogP contribution in [0.2, 0.25) is 0 Å². The second-order valence-electron chi connectivity index (χ2n) is 15.9. The summed E-state index contributed by atoms with van der Waals surface area (Å²) in [6.45, 7) is 6.44. The molecule has 8 rings (SSSR count). The number of halogens is 4. The number of hydrogen-bond acceptors (Lipinski definition) is 10. The number of imide groups is 1. The van der Waals surface area contributed by atoms with Crippen LogP contribution in [0.4, 0.5) is 34.6 Å². The Morgan fingerprint density at radius 3 is 2.45 bits per heavy atom. The normalized spacial score (nSPS) is 18.7. The molecule has 4 amide bonds. The van der Waals surface area contributed by atoms with E-state index in [-0.39, 0.29) is 59.5 Å². The summed E-state index contributed by atoms with van der Waals surface area (Å²) in [5, 5.41) is 17.0. The Hall–Kier alpha value is -6.42. The van der Waals surface area contributed by atoms with Crippen molar-refractivity contribution in [2.75, 3.05) is 61.0 Å². The molecule has 0 aliphatic carbocycles. The SMILES string of the molecule is CC1(C)C(=O)N(c2ccc(C#N)c(C(F)(F)F)c2)C(=S)N1c1ccc(OCCN2CCN(CC(=O)Nc3ccc4c(ccc5occ([C@@H]6CCC(=O)NC6=O)c54)c3)CC2)c(F)c1. The molecule has 0 bridgehead atoms. The molecule has 2 N–H and O–H groups in total. The highest BCUT2D eigenvalue weighted by Crippen LogP contribution is 2.41. The minimum atomic E-state index is -4.85. The van der Waals surface area contributed by atoms with Crippen LogP contribution in [-0.2, 0) is 25.4 Å². The van der Waals surface area contributed by atoms with Crippen LogP contribution in [0.25, 0.3) is 21.7 Å². The van der Waals surface area contributed by atoms with Crippen molar-refractivity contribution in [3.63, 3.8) is 0 Å². The molecule has 4 heterocycles. The van der Waals surface area contributed by atoms with Crippen LogP contribution in [0, 0.1) is 17.1 Å². The number of furan rings is 1. The average Bonchev–Trinajstić information content (AvgIpc) is 3.73. The Balaban J connectivity index is 0.826. The van der Waals surface area contributed by atoms with E-state index in [0.717, 1.165) is 38.8 Å². The lowest BCUT2D eigenvalue weighted by Gasteiger charge is -2.34. The Morgan fingerprint density at radius 1 is 1.00 bits per heavy atom. The quantitative estimate of drug-likeness (QED) is 0.0879. The zero-order chi connectivity index (χ0) is 44.1. The summed E-state index contributed by atoms with van der Waals surface area (Å²) in [5.74, 6) is -2.69. The minimum Gasteiger partial charge on any atom is -0.489 e. The summed E-state index contributed by atoms with van der Waals surface area (Å²) < 4.78 is 68.2. The summed E-state index contributed by atoms with van der Waals surface area (Å²) in [6, 6.07) is 17.8. The zero-order valence-electron chi connectivity index (χ0n) is 33.5. The predicted molar refractivity (Wildman–Crippen MR) is 225 cm³/mol. The van der Waals surface area contributed by atoms with Crippen molar-refractivity contribution in [2.45, 2.75) is 44.3 Å². The average molecular weight is 870 g/mol. The number of piperazine rings is 1. The number of carbonyl (C=O) groups excluding carboxylic acids is 4. The largest absolute Gasteiger partial charge is 0.489 e. The van der Waals surface area contributed by atoms with Gasteiger partial charge >= 0.3 is 6.18 Å². The van der Waals surface area contributed by atoms with Gasteiger partial charge in [-0.25, -0.2) is 4.39 Å². The molecule has 320 valence electrons. The van der Waals surface area contributed by atoms with Gasteiger partial charge in [0.05, 0.1) is 41.6 Å². The lowest BCUT2D eigenvalue weighted by Crippen LogP contribution is -2.49. The number of fused-ring (bicyclic) bond motifs is 3. The Kier molecular flexibility index (Phi) is 11.2. The Bertz CT molecular complexity index is 2710. The fourth-order valence-electron chi connectivity index (χ4n) is 8.28. The summed E-state index contributed by atoms with van der Waals surface area (Å²) >= 11 is 5.56. The fraction of sp³-hybridized carbons (Fsp3) is 0.318. The maximum atomic E-state index is 15.5. The number of ether oxygens (including phenoxy) is 1.